The fourth-order valence-electron chi connectivity index (χ4n) is 14.7. The fourth-order valence-corrected chi connectivity index (χ4v) is 14.7. The van der Waals surface area contributed by atoms with Gasteiger partial charge in [-0.05, 0) is 118 Å². The number of nitrogens with zero attached hydrogens (tertiary/aromatic N) is 1. The second-order valence-corrected chi connectivity index (χ2v) is 29.6. The molecular formula is C73H137N7O8. The van der Waals surface area contributed by atoms with Crippen LogP contribution in [0.4, 0.5) is 25.1 Å². The van der Waals surface area contributed by atoms with Gasteiger partial charge in [0, 0.05) is 36.4 Å². The summed E-state index contributed by atoms with van der Waals surface area (Å²) in [5, 5.41) is 14.9. The molecular weight excluding hydrogens is 1100 g/mol. The number of urea groups is 1. The Morgan fingerprint density at radius 3 is 1.18 bits per heavy atom. The summed E-state index contributed by atoms with van der Waals surface area (Å²) in [4.78, 5) is 70.0. The molecule has 0 saturated heterocycles. The Morgan fingerprint density at radius 2 is 0.841 bits per heavy atom. The number of nitrogens with one attached hydrogen (secondary N) is 6. The van der Waals surface area contributed by atoms with Crippen LogP contribution in [0.25, 0.3) is 0 Å². The van der Waals surface area contributed by atoms with Crippen molar-refractivity contribution in [2.24, 2.45) is 33.5 Å². The number of aryl methyl sites for hydroxylation is 1. The van der Waals surface area contributed by atoms with E-state index in [9.17, 15) is 24.0 Å². The van der Waals surface area contributed by atoms with Gasteiger partial charge in [-0.3, -0.25) is 15.1 Å². The number of ether oxygens (including phenoxy) is 3. The van der Waals surface area contributed by atoms with Crippen LogP contribution < -0.4 is 32.1 Å². The summed E-state index contributed by atoms with van der Waals surface area (Å²) in [5.74, 6) is 1.02. The molecule has 0 aromatic carbocycles. The molecule has 88 heavy (non-hydrogen) atoms. The van der Waals surface area contributed by atoms with Gasteiger partial charge in [0.05, 0.1) is 19.8 Å². The van der Waals surface area contributed by atoms with E-state index in [1.165, 1.54) is 180 Å². The van der Waals surface area contributed by atoms with Crippen LogP contribution in [0.15, 0.2) is 4.79 Å². The van der Waals surface area contributed by atoms with Gasteiger partial charge in [0.15, 0.2) is 0 Å². The first kappa shape index (κ1) is 80.1. The lowest BCUT2D eigenvalue weighted by atomic mass is 9.62. The Kier molecular flexibility index (Phi) is 41.9. The van der Waals surface area contributed by atoms with Crippen molar-refractivity contribution >= 4 is 30.3 Å². The highest BCUT2D eigenvalue weighted by Gasteiger charge is 2.43. The Labute approximate surface area is 538 Å². The number of H-pyrrole nitrogens is 1. The van der Waals surface area contributed by atoms with Crippen molar-refractivity contribution in [3.8, 4) is 0 Å². The third kappa shape index (κ3) is 38.0. The van der Waals surface area contributed by atoms with E-state index in [0.29, 0.717) is 62.4 Å². The number of hydrogen-bond acceptors (Lipinski definition) is 9. The van der Waals surface area contributed by atoms with E-state index in [-0.39, 0.29) is 63.5 Å². The monoisotopic (exact) mass is 1240 g/mol. The lowest BCUT2D eigenvalue weighted by Crippen LogP contribution is -2.51. The summed E-state index contributed by atoms with van der Waals surface area (Å²) in [6.45, 7) is 30.2. The van der Waals surface area contributed by atoms with Crippen molar-refractivity contribution in [2.75, 3.05) is 38.2 Å². The number of hydrogen-bond donors (Lipinski definition) is 6. The minimum atomic E-state index is -0.414. The molecule has 6 atom stereocenters. The first-order chi connectivity index (χ1) is 42.0. The van der Waals surface area contributed by atoms with Crippen LogP contribution >= 0.6 is 0 Å². The molecule has 0 aliphatic heterocycles. The van der Waals surface area contributed by atoms with Crippen molar-refractivity contribution < 1.29 is 33.4 Å². The van der Waals surface area contributed by atoms with E-state index in [1.54, 1.807) is 6.92 Å². The first-order valence-corrected chi connectivity index (χ1v) is 36.4. The second kappa shape index (κ2) is 46.1. The third-order valence-corrected chi connectivity index (χ3v) is 18.7. The number of rotatable bonds is 45. The molecule has 2 aliphatic carbocycles. The van der Waals surface area contributed by atoms with Crippen LogP contribution in [-0.2, 0) is 20.6 Å². The highest BCUT2D eigenvalue weighted by molar-refractivity contribution is 5.87. The third-order valence-electron chi connectivity index (χ3n) is 18.7. The van der Waals surface area contributed by atoms with E-state index in [2.05, 4.69) is 106 Å². The topological polar surface area (TPSA) is 202 Å². The van der Waals surface area contributed by atoms with Crippen LogP contribution in [0.5, 0.6) is 0 Å². The number of unbranched alkanes of at least 4 members (excludes halogenated alkanes) is 24. The predicted octanol–water partition coefficient (Wildman–Crippen LogP) is 19.9. The summed E-state index contributed by atoms with van der Waals surface area (Å²) in [6.07, 6.45) is 46.0. The molecule has 0 radical (unpaired) electrons. The summed E-state index contributed by atoms with van der Waals surface area (Å²) in [6, 6.07) is -0.415. The minimum absolute atomic E-state index is 0.0140. The molecule has 1 aromatic rings. The SMILES string of the molecule is CCCCCCCCCCC(CCCCCCCC)COC(=O)NC1CC(C)(C)CC(C)(CNC(=O)Nc2nc(C)c(CC)c(=O)[nH]2)C1.CCCCCCCCCCC(CCCCCCCC)COC(=O)NC1CC(C)(C)CC(C)(CNC(=O)OCC)C1. The summed E-state index contributed by atoms with van der Waals surface area (Å²) >= 11 is 0. The molecule has 2 aliphatic rings. The number of alkyl carbamates (subject to hydrolysis) is 3. The van der Waals surface area contributed by atoms with E-state index in [1.807, 2.05) is 13.8 Å². The Morgan fingerprint density at radius 1 is 0.489 bits per heavy atom. The van der Waals surface area contributed by atoms with Crippen LogP contribution in [0.3, 0.4) is 0 Å². The van der Waals surface area contributed by atoms with Gasteiger partial charge < -0.3 is 35.5 Å². The van der Waals surface area contributed by atoms with E-state index < -0.39 is 6.03 Å². The summed E-state index contributed by atoms with van der Waals surface area (Å²) < 4.78 is 16.8. The number of aromatic nitrogens is 2. The molecule has 6 unspecified atom stereocenters. The maximum atomic E-state index is 13.1. The quantitative estimate of drug-likeness (QED) is 0.0271. The Balaban J connectivity index is 0.000000611. The maximum absolute atomic E-state index is 13.1. The predicted molar refractivity (Wildman–Crippen MR) is 366 cm³/mol. The molecule has 3 rings (SSSR count). The summed E-state index contributed by atoms with van der Waals surface area (Å²) in [7, 11) is 0. The zero-order valence-corrected chi connectivity index (χ0v) is 59.1. The molecule has 1 aromatic heterocycles. The van der Waals surface area contributed by atoms with Crippen LogP contribution in [-0.4, -0.2) is 79.3 Å². The zero-order valence-electron chi connectivity index (χ0n) is 59.1. The zero-order chi connectivity index (χ0) is 65.1. The van der Waals surface area contributed by atoms with E-state index >= 15 is 0 Å². The molecule has 15 heteroatoms. The second-order valence-electron chi connectivity index (χ2n) is 29.6. The molecule has 0 bridgehead atoms. The molecule has 2 saturated carbocycles. The standard InChI is InChI=1S/C39H71N5O4.C34H66N2O4/c1-8-11-13-15-17-18-20-22-24-31(23-21-19-16-14-12-9-2)27-48-37(47)42-32-25-38(5,6)28-39(7,26-32)29-40-36(46)44-35-41-30(4)33(10-3)34(45)43-35;1-7-10-12-14-16-17-19-21-23-29(22-20-18-15-13-11-8-2)26-40-32(38)36-30-24-33(4,5)27-34(6,25-30)28-35-31(37)39-9-3/h31-32H,8-29H2,1-7H3,(H,42,47)(H3,40,41,43,44,45,46);29-30H,7-28H2,1-6H3,(H,35,37)(H,36,38). The molecule has 1 heterocycles. The fraction of sp³-hybridized carbons (Fsp3) is 0.890. The Hall–Kier alpha value is -4.04. The lowest BCUT2D eigenvalue weighted by Gasteiger charge is -2.46. The lowest BCUT2D eigenvalue weighted by molar-refractivity contribution is 0.0598. The van der Waals surface area contributed by atoms with Crippen molar-refractivity contribution in [3.05, 3.63) is 21.6 Å². The van der Waals surface area contributed by atoms with Crippen molar-refractivity contribution in [1.82, 2.24) is 31.2 Å². The number of aromatic amines is 1. The molecule has 5 amide bonds. The van der Waals surface area contributed by atoms with Crippen molar-refractivity contribution in [3.63, 3.8) is 0 Å². The van der Waals surface area contributed by atoms with Gasteiger partial charge in [-0.1, -0.05) is 256 Å². The molecule has 512 valence electrons. The van der Waals surface area contributed by atoms with Gasteiger partial charge in [-0.25, -0.2) is 24.2 Å². The highest BCUT2D eigenvalue weighted by Crippen LogP contribution is 2.47. The average Bonchev–Trinajstić information content (AvgIpc) is 1.22. The van der Waals surface area contributed by atoms with Gasteiger partial charge in [-0.2, -0.15) is 0 Å². The normalized spacial score (nSPS) is 20.1. The Bertz CT molecular complexity index is 2080. The van der Waals surface area contributed by atoms with Gasteiger partial charge in [0.2, 0.25) is 5.95 Å². The number of carbonyl (C=O) groups excluding carboxylic acids is 4. The van der Waals surface area contributed by atoms with Gasteiger partial charge in [0.1, 0.15) is 0 Å². The van der Waals surface area contributed by atoms with E-state index in [4.69, 9.17) is 14.2 Å². The molecule has 15 nitrogen and oxygen atoms in total. The van der Waals surface area contributed by atoms with E-state index in [0.717, 1.165) is 64.2 Å². The first-order valence-electron chi connectivity index (χ1n) is 36.4. The van der Waals surface area contributed by atoms with Gasteiger partial charge in [-0.15, -0.1) is 0 Å². The maximum Gasteiger partial charge on any atom is 0.407 e. The molecule has 2 fully saturated rings. The van der Waals surface area contributed by atoms with Crippen LogP contribution in [0.2, 0.25) is 0 Å². The van der Waals surface area contributed by atoms with Crippen LogP contribution in [0.1, 0.15) is 338 Å². The number of carbonyl (C=O) groups is 4. The summed E-state index contributed by atoms with van der Waals surface area (Å²) in [5.41, 5.74) is 0.717. The average molecular weight is 1240 g/mol. The highest BCUT2D eigenvalue weighted by atomic mass is 16.6. The van der Waals surface area contributed by atoms with Gasteiger partial charge in [0.25, 0.3) is 5.56 Å². The van der Waals surface area contributed by atoms with Gasteiger partial charge >= 0.3 is 24.3 Å². The molecule has 6 N–H and O–H groups in total. The number of anilines is 1. The molecule has 0 spiro atoms. The number of amides is 5. The van der Waals surface area contributed by atoms with Crippen LogP contribution in [0, 0.1) is 40.4 Å². The smallest absolute Gasteiger partial charge is 0.407 e. The minimum Gasteiger partial charge on any atom is -0.450 e. The van der Waals surface area contributed by atoms with Crippen molar-refractivity contribution in [2.45, 2.75) is 353 Å². The van der Waals surface area contributed by atoms with Crippen molar-refractivity contribution in [1.29, 1.82) is 0 Å². The largest absolute Gasteiger partial charge is 0.450 e.